The van der Waals surface area contributed by atoms with Crippen molar-refractivity contribution < 1.29 is 4.39 Å². The van der Waals surface area contributed by atoms with Crippen molar-refractivity contribution in [3.8, 4) is 0 Å². The topological polar surface area (TPSA) is 93.7 Å². The van der Waals surface area contributed by atoms with Crippen LogP contribution in [0.3, 0.4) is 0 Å². The van der Waals surface area contributed by atoms with Crippen LogP contribution in [0.1, 0.15) is 63.0 Å². The number of fused-ring (bicyclic) bond motifs is 1. The molecule has 164 valence electrons. The van der Waals surface area contributed by atoms with E-state index in [1.807, 2.05) is 6.33 Å². The van der Waals surface area contributed by atoms with Gasteiger partial charge in [-0.15, -0.1) is 0 Å². The van der Waals surface area contributed by atoms with Crippen molar-refractivity contribution in [2.45, 2.75) is 76.0 Å². The van der Waals surface area contributed by atoms with Crippen LogP contribution < -0.4 is 16.4 Å². The van der Waals surface area contributed by atoms with Crippen LogP contribution in [0.15, 0.2) is 30.6 Å². The third kappa shape index (κ3) is 4.49. The molecule has 2 aliphatic rings. The van der Waals surface area contributed by atoms with Gasteiger partial charge in [-0.05, 0) is 56.2 Å². The third-order valence-corrected chi connectivity index (χ3v) is 6.62. The molecule has 2 fully saturated rings. The molecule has 2 aliphatic carbocycles. The van der Waals surface area contributed by atoms with E-state index in [4.69, 9.17) is 15.7 Å². The summed E-state index contributed by atoms with van der Waals surface area (Å²) in [4.78, 5) is 14.3. The van der Waals surface area contributed by atoms with Gasteiger partial charge in [0.25, 0.3) is 0 Å². The molecular formula is C23H30FN7. The van der Waals surface area contributed by atoms with Crippen molar-refractivity contribution in [1.82, 2.24) is 19.5 Å². The first-order chi connectivity index (χ1) is 15.2. The molecule has 0 radical (unpaired) electrons. The molecular weight excluding hydrogens is 393 g/mol. The van der Waals surface area contributed by atoms with Crippen molar-refractivity contribution in [1.29, 1.82) is 0 Å². The Bertz CT molecular complexity index is 1020. The summed E-state index contributed by atoms with van der Waals surface area (Å²) in [6.07, 6.45) is 10.8. The Balaban J connectivity index is 1.44. The standard InChI is InChI=1S/C23H30FN7/c24-16-7-5-15(6-8-16)13-26-21-20-22(31(14-27-20)19-3-1-2-4-19)30-23(29-21)28-18-11-9-17(25)10-12-18/h5-8,14,17-19H,1-4,9-13,25H2,(H2,26,28,29,30)/t17-,18-. The summed E-state index contributed by atoms with van der Waals surface area (Å²) < 4.78 is 15.5. The number of hydrogen-bond acceptors (Lipinski definition) is 6. The first-order valence-corrected chi connectivity index (χ1v) is 11.4. The summed E-state index contributed by atoms with van der Waals surface area (Å²) in [6.45, 7) is 0.542. The highest BCUT2D eigenvalue weighted by Crippen LogP contribution is 2.33. The number of anilines is 2. The minimum atomic E-state index is -0.234. The maximum Gasteiger partial charge on any atom is 0.227 e. The quantitative estimate of drug-likeness (QED) is 0.545. The van der Waals surface area contributed by atoms with Crippen LogP contribution in [0.4, 0.5) is 16.2 Å². The largest absolute Gasteiger partial charge is 0.364 e. The predicted octanol–water partition coefficient (Wildman–Crippen LogP) is 4.37. The highest BCUT2D eigenvalue weighted by Gasteiger charge is 2.23. The van der Waals surface area contributed by atoms with Crippen molar-refractivity contribution in [2.24, 2.45) is 5.73 Å². The van der Waals surface area contributed by atoms with E-state index in [0.29, 0.717) is 36.4 Å². The summed E-state index contributed by atoms with van der Waals surface area (Å²) in [5.41, 5.74) is 8.71. The van der Waals surface area contributed by atoms with Crippen LogP contribution in [0, 0.1) is 5.82 Å². The number of benzene rings is 1. The second-order valence-corrected chi connectivity index (χ2v) is 8.89. The molecule has 0 amide bonds. The van der Waals surface area contributed by atoms with Gasteiger partial charge in [0.2, 0.25) is 5.95 Å². The van der Waals surface area contributed by atoms with E-state index in [-0.39, 0.29) is 5.82 Å². The van der Waals surface area contributed by atoms with Crippen LogP contribution in [-0.2, 0) is 6.54 Å². The molecule has 2 heterocycles. The lowest BCUT2D eigenvalue weighted by atomic mass is 9.92. The number of nitrogens with zero attached hydrogens (tertiary/aromatic N) is 4. The van der Waals surface area contributed by atoms with E-state index in [2.05, 4.69) is 20.2 Å². The molecule has 3 aromatic rings. The van der Waals surface area contributed by atoms with E-state index >= 15 is 0 Å². The van der Waals surface area contributed by atoms with Gasteiger partial charge in [0, 0.05) is 24.7 Å². The Labute approximate surface area is 181 Å². The second kappa shape index (κ2) is 8.78. The molecule has 7 nitrogen and oxygen atoms in total. The highest BCUT2D eigenvalue weighted by atomic mass is 19.1. The van der Waals surface area contributed by atoms with E-state index in [1.165, 1.54) is 25.0 Å². The predicted molar refractivity (Wildman–Crippen MR) is 120 cm³/mol. The van der Waals surface area contributed by atoms with Gasteiger partial charge < -0.3 is 20.9 Å². The van der Waals surface area contributed by atoms with Crippen molar-refractivity contribution in [3.63, 3.8) is 0 Å². The minimum Gasteiger partial charge on any atom is -0.364 e. The van der Waals surface area contributed by atoms with Gasteiger partial charge in [-0.25, -0.2) is 9.37 Å². The maximum absolute atomic E-state index is 13.2. The third-order valence-electron chi connectivity index (χ3n) is 6.62. The van der Waals surface area contributed by atoms with Crippen LogP contribution in [-0.4, -0.2) is 31.6 Å². The molecule has 2 saturated carbocycles. The number of hydrogen-bond donors (Lipinski definition) is 3. The SMILES string of the molecule is N[C@H]1CC[C@H](Nc2nc(NCc3ccc(F)cc3)c3ncn(C4CCCC4)c3n2)CC1. The van der Waals surface area contributed by atoms with Crippen LogP contribution in [0.5, 0.6) is 0 Å². The smallest absolute Gasteiger partial charge is 0.227 e. The summed E-state index contributed by atoms with van der Waals surface area (Å²) in [6, 6.07) is 7.60. The fraction of sp³-hybridized carbons (Fsp3) is 0.522. The average Bonchev–Trinajstić information content (AvgIpc) is 3.44. The van der Waals surface area contributed by atoms with Crippen LogP contribution in [0.2, 0.25) is 0 Å². The Morgan fingerprint density at radius 1 is 1.00 bits per heavy atom. The summed E-state index contributed by atoms with van der Waals surface area (Å²) in [5.74, 6) is 1.11. The number of imidazole rings is 1. The fourth-order valence-electron chi connectivity index (χ4n) is 4.79. The summed E-state index contributed by atoms with van der Waals surface area (Å²) in [5, 5.41) is 6.94. The van der Waals surface area contributed by atoms with Crippen molar-refractivity contribution in [2.75, 3.05) is 10.6 Å². The molecule has 2 aromatic heterocycles. The lowest BCUT2D eigenvalue weighted by Crippen LogP contribution is -2.33. The molecule has 0 aliphatic heterocycles. The molecule has 5 rings (SSSR count). The van der Waals surface area contributed by atoms with E-state index < -0.39 is 0 Å². The zero-order valence-electron chi connectivity index (χ0n) is 17.7. The Morgan fingerprint density at radius 3 is 2.48 bits per heavy atom. The van der Waals surface area contributed by atoms with Gasteiger partial charge in [-0.2, -0.15) is 9.97 Å². The Hall–Kier alpha value is -2.74. The van der Waals surface area contributed by atoms with Crippen LogP contribution >= 0.6 is 0 Å². The van der Waals surface area contributed by atoms with Gasteiger partial charge in [-0.3, -0.25) is 0 Å². The van der Waals surface area contributed by atoms with Crippen LogP contribution in [0.25, 0.3) is 11.2 Å². The highest BCUT2D eigenvalue weighted by molar-refractivity contribution is 5.84. The summed E-state index contributed by atoms with van der Waals surface area (Å²) >= 11 is 0. The van der Waals surface area contributed by atoms with Crippen molar-refractivity contribution >= 4 is 22.9 Å². The zero-order chi connectivity index (χ0) is 21.2. The number of halogens is 1. The fourth-order valence-corrected chi connectivity index (χ4v) is 4.79. The number of rotatable bonds is 6. The van der Waals surface area contributed by atoms with E-state index in [9.17, 15) is 4.39 Å². The first kappa shape index (κ1) is 20.2. The molecule has 31 heavy (non-hydrogen) atoms. The van der Waals surface area contributed by atoms with Gasteiger partial charge in [0.05, 0.1) is 6.33 Å². The molecule has 0 unspecified atom stereocenters. The number of aromatic nitrogens is 4. The lowest BCUT2D eigenvalue weighted by molar-refractivity contribution is 0.410. The number of nitrogens with two attached hydrogens (primary N) is 1. The number of nitrogens with one attached hydrogen (secondary N) is 2. The second-order valence-electron chi connectivity index (χ2n) is 8.89. The average molecular weight is 424 g/mol. The van der Waals surface area contributed by atoms with Gasteiger partial charge >= 0.3 is 0 Å². The molecule has 0 atom stereocenters. The first-order valence-electron chi connectivity index (χ1n) is 11.4. The monoisotopic (exact) mass is 423 g/mol. The molecule has 8 heteroatoms. The molecule has 0 bridgehead atoms. The van der Waals surface area contributed by atoms with Crippen molar-refractivity contribution in [3.05, 3.63) is 42.0 Å². The van der Waals surface area contributed by atoms with Gasteiger partial charge in [0.1, 0.15) is 5.82 Å². The Morgan fingerprint density at radius 2 is 1.74 bits per heavy atom. The van der Waals surface area contributed by atoms with Gasteiger partial charge in [-0.1, -0.05) is 25.0 Å². The lowest BCUT2D eigenvalue weighted by Gasteiger charge is -2.27. The normalized spacial score (nSPS) is 22.1. The maximum atomic E-state index is 13.2. The van der Waals surface area contributed by atoms with Gasteiger partial charge in [0.15, 0.2) is 17.0 Å². The Kier molecular flexibility index (Phi) is 5.72. The molecule has 0 saturated heterocycles. The minimum absolute atomic E-state index is 0.234. The molecule has 1 aromatic carbocycles. The zero-order valence-corrected chi connectivity index (χ0v) is 17.7. The van der Waals surface area contributed by atoms with E-state index in [0.717, 1.165) is 55.3 Å². The summed E-state index contributed by atoms with van der Waals surface area (Å²) in [7, 11) is 0. The molecule has 0 spiro atoms. The molecule has 4 N–H and O–H groups in total. The van der Waals surface area contributed by atoms with E-state index in [1.54, 1.807) is 12.1 Å².